The van der Waals surface area contributed by atoms with Crippen LogP contribution in [0.1, 0.15) is 57.1 Å². The van der Waals surface area contributed by atoms with E-state index in [-0.39, 0.29) is 11.3 Å². The van der Waals surface area contributed by atoms with Crippen molar-refractivity contribution in [1.82, 2.24) is 5.32 Å². The summed E-state index contributed by atoms with van der Waals surface area (Å²) < 4.78 is 0. The zero-order valence-corrected chi connectivity index (χ0v) is 12.6. The maximum Gasteiger partial charge on any atom is 0.220 e. The maximum atomic E-state index is 12.0. The number of carbonyl (C=O) groups excluding carboxylic acids is 1. The molecule has 1 aromatic rings. The minimum absolute atomic E-state index is 0.123. The first-order valence-corrected chi connectivity index (χ1v) is 8.04. The molecule has 2 heteroatoms. The van der Waals surface area contributed by atoms with Crippen molar-refractivity contribution < 1.29 is 4.79 Å². The van der Waals surface area contributed by atoms with Crippen molar-refractivity contribution >= 4 is 5.91 Å². The number of amides is 1. The monoisotopic (exact) mass is 271 g/mol. The Bertz CT molecular complexity index is 510. The van der Waals surface area contributed by atoms with Crippen LogP contribution in [0.2, 0.25) is 0 Å². The molecule has 2 nitrogen and oxygen atoms in total. The highest BCUT2D eigenvalue weighted by Crippen LogP contribution is 2.47. The molecule has 1 aliphatic carbocycles. The van der Waals surface area contributed by atoms with Gasteiger partial charge in [-0.3, -0.25) is 4.79 Å². The molecule has 0 bridgehead atoms. The normalized spacial score (nSPS) is 32.2. The van der Waals surface area contributed by atoms with E-state index in [1.165, 1.54) is 30.4 Å². The second-order valence-corrected chi connectivity index (χ2v) is 6.64. The predicted molar refractivity (Wildman–Crippen MR) is 81.7 cm³/mol. The fraction of sp³-hybridized carbons (Fsp3) is 0.611. The van der Waals surface area contributed by atoms with Crippen LogP contribution >= 0.6 is 0 Å². The van der Waals surface area contributed by atoms with E-state index in [0.29, 0.717) is 18.4 Å². The molecule has 3 atom stereocenters. The number of rotatable bonds is 3. The summed E-state index contributed by atoms with van der Waals surface area (Å²) >= 11 is 0. The van der Waals surface area contributed by atoms with E-state index in [0.717, 1.165) is 12.8 Å². The van der Waals surface area contributed by atoms with Gasteiger partial charge in [0.2, 0.25) is 5.91 Å². The fourth-order valence-corrected chi connectivity index (χ4v) is 4.32. The summed E-state index contributed by atoms with van der Waals surface area (Å²) in [5.41, 5.74) is 3.10. The van der Waals surface area contributed by atoms with Gasteiger partial charge in [0.1, 0.15) is 0 Å². The predicted octanol–water partition coefficient (Wildman–Crippen LogP) is 3.59. The minimum atomic E-state index is 0.123. The molecule has 1 fully saturated rings. The Morgan fingerprint density at radius 1 is 1.35 bits per heavy atom. The van der Waals surface area contributed by atoms with Gasteiger partial charge in [0.25, 0.3) is 0 Å². The summed E-state index contributed by atoms with van der Waals surface area (Å²) in [6, 6.07) is 9.17. The van der Waals surface area contributed by atoms with E-state index in [1.54, 1.807) is 0 Å². The number of benzene rings is 1. The Morgan fingerprint density at radius 2 is 2.15 bits per heavy atom. The van der Waals surface area contributed by atoms with Crippen LogP contribution in [-0.2, 0) is 16.6 Å². The molecule has 0 spiro atoms. The number of fused-ring (bicyclic) bond motifs is 3. The lowest BCUT2D eigenvalue weighted by Crippen LogP contribution is -2.60. The lowest BCUT2D eigenvalue weighted by Gasteiger charge is -2.51. The van der Waals surface area contributed by atoms with Crippen molar-refractivity contribution in [2.24, 2.45) is 5.92 Å². The second kappa shape index (κ2) is 5.23. The molecule has 20 heavy (non-hydrogen) atoms. The van der Waals surface area contributed by atoms with Crippen molar-refractivity contribution in [1.29, 1.82) is 0 Å². The van der Waals surface area contributed by atoms with E-state index in [1.807, 2.05) is 0 Å². The van der Waals surface area contributed by atoms with E-state index < -0.39 is 0 Å². The molecular formula is C18H25NO. The average Bonchev–Trinajstić information content (AvgIpc) is 2.46. The summed E-state index contributed by atoms with van der Waals surface area (Å²) in [4.78, 5) is 12.0. The Labute approximate surface area is 122 Å². The Kier molecular flexibility index (Phi) is 3.57. The lowest BCUT2D eigenvalue weighted by atomic mass is 9.58. The molecule has 0 saturated carbocycles. The zero-order chi connectivity index (χ0) is 14.2. The highest BCUT2D eigenvalue weighted by atomic mass is 16.1. The first kappa shape index (κ1) is 13.7. The molecular weight excluding hydrogens is 246 g/mol. The Hall–Kier alpha value is -1.31. The van der Waals surface area contributed by atoms with Crippen LogP contribution in [0.5, 0.6) is 0 Å². The number of hydrogen-bond acceptors (Lipinski definition) is 1. The Morgan fingerprint density at radius 3 is 2.95 bits per heavy atom. The van der Waals surface area contributed by atoms with Gasteiger partial charge in [0.05, 0.1) is 0 Å². The van der Waals surface area contributed by atoms with Gasteiger partial charge < -0.3 is 5.32 Å². The Balaban J connectivity index is 2.01. The van der Waals surface area contributed by atoms with Crippen molar-refractivity contribution in [3.8, 4) is 0 Å². The lowest BCUT2D eigenvalue weighted by molar-refractivity contribution is -0.127. The first-order chi connectivity index (χ1) is 9.66. The molecule has 1 N–H and O–H groups in total. The number of nitrogens with one attached hydrogen (secondary N) is 1. The SMILES string of the molecule is CCCCC1CC(=O)NC2CCc3ccccc3C12C. The van der Waals surface area contributed by atoms with Crippen molar-refractivity contribution in [2.75, 3.05) is 0 Å². The first-order valence-electron chi connectivity index (χ1n) is 8.04. The number of piperidine rings is 1. The highest BCUT2D eigenvalue weighted by Gasteiger charge is 2.49. The van der Waals surface area contributed by atoms with Crippen LogP contribution in [0, 0.1) is 5.92 Å². The van der Waals surface area contributed by atoms with Gasteiger partial charge in [-0.25, -0.2) is 0 Å². The summed E-state index contributed by atoms with van der Waals surface area (Å²) in [6.45, 7) is 4.62. The van der Waals surface area contributed by atoms with Crippen molar-refractivity contribution in [3.63, 3.8) is 0 Å². The van der Waals surface area contributed by atoms with Crippen LogP contribution < -0.4 is 5.32 Å². The van der Waals surface area contributed by atoms with Gasteiger partial charge in [0, 0.05) is 17.9 Å². The van der Waals surface area contributed by atoms with Crippen LogP contribution in [0.4, 0.5) is 0 Å². The summed E-state index contributed by atoms with van der Waals surface area (Å²) in [7, 11) is 0. The van der Waals surface area contributed by atoms with Crippen LogP contribution in [0.25, 0.3) is 0 Å². The third-order valence-corrected chi connectivity index (χ3v) is 5.55. The minimum Gasteiger partial charge on any atom is -0.352 e. The summed E-state index contributed by atoms with van der Waals surface area (Å²) in [5, 5.41) is 3.27. The van der Waals surface area contributed by atoms with E-state index >= 15 is 0 Å². The van der Waals surface area contributed by atoms with Crippen molar-refractivity contribution in [2.45, 2.75) is 63.8 Å². The van der Waals surface area contributed by atoms with Crippen molar-refractivity contribution in [3.05, 3.63) is 35.4 Å². The molecule has 1 aliphatic heterocycles. The second-order valence-electron chi connectivity index (χ2n) is 6.64. The fourth-order valence-electron chi connectivity index (χ4n) is 4.32. The third kappa shape index (κ3) is 2.06. The molecule has 1 aromatic carbocycles. The van der Waals surface area contributed by atoms with Gasteiger partial charge >= 0.3 is 0 Å². The third-order valence-electron chi connectivity index (χ3n) is 5.55. The largest absolute Gasteiger partial charge is 0.352 e. The number of aryl methyl sites for hydroxylation is 1. The standard InChI is InChI=1S/C18H25NO/c1-3-4-8-14-12-17(20)19-16-11-10-13-7-5-6-9-15(13)18(14,16)2/h5-7,9,14,16H,3-4,8,10-12H2,1-2H3,(H,19,20). The molecule has 0 radical (unpaired) electrons. The van der Waals surface area contributed by atoms with Gasteiger partial charge in [-0.05, 0) is 36.3 Å². The zero-order valence-electron chi connectivity index (χ0n) is 12.6. The topological polar surface area (TPSA) is 29.1 Å². The maximum absolute atomic E-state index is 12.0. The molecule has 1 heterocycles. The summed E-state index contributed by atoms with van der Waals surface area (Å²) in [5.74, 6) is 0.746. The highest BCUT2D eigenvalue weighted by molar-refractivity contribution is 5.78. The molecule has 108 valence electrons. The van der Waals surface area contributed by atoms with Gasteiger partial charge in [0.15, 0.2) is 0 Å². The van der Waals surface area contributed by atoms with Crippen LogP contribution in [0.3, 0.4) is 0 Å². The van der Waals surface area contributed by atoms with Gasteiger partial charge in [-0.15, -0.1) is 0 Å². The quantitative estimate of drug-likeness (QED) is 0.894. The van der Waals surface area contributed by atoms with Gasteiger partial charge in [-0.1, -0.05) is 51.0 Å². The van der Waals surface area contributed by atoms with E-state index in [2.05, 4.69) is 43.4 Å². The number of unbranched alkanes of at least 4 members (excludes halogenated alkanes) is 1. The van der Waals surface area contributed by atoms with E-state index in [9.17, 15) is 4.79 Å². The summed E-state index contributed by atoms with van der Waals surface area (Å²) in [6.07, 6.45) is 6.48. The van der Waals surface area contributed by atoms with Crippen LogP contribution in [0.15, 0.2) is 24.3 Å². The number of hydrogen-bond donors (Lipinski definition) is 1. The van der Waals surface area contributed by atoms with Gasteiger partial charge in [-0.2, -0.15) is 0 Å². The van der Waals surface area contributed by atoms with E-state index in [4.69, 9.17) is 0 Å². The molecule has 2 aliphatic rings. The molecule has 1 amide bonds. The smallest absolute Gasteiger partial charge is 0.220 e. The van der Waals surface area contributed by atoms with Crippen LogP contribution in [-0.4, -0.2) is 11.9 Å². The molecule has 0 aromatic heterocycles. The molecule has 1 saturated heterocycles. The molecule has 3 unspecified atom stereocenters. The molecule has 3 rings (SSSR count). The number of carbonyl (C=O) groups is 1. The average molecular weight is 271 g/mol.